The minimum absolute atomic E-state index is 0.0759. The lowest BCUT2D eigenvalue weighted by atomic mass is 9.94. The van der Waals surface area contributed by atoms with Crippen LogP contribution in [-0.2, 0) is 4.74 Å². The second kappa shape index (κ2) is 8.85. The van der Waals surface area contributed by atoms with Gasteiger partial charge in [0.05, 0.1) is 0 Å². The second-order valence-electron chi connectivity index (χ2n) is 7.28. The number of hydrogen-bond donors (Lipinski definition) is 1. The summed E-state index contributed by atoms with van der Waals surface area (Å²) in [5.74, 6) is 0. The number of carbonyl (C=O) groups excluding carboxylic acids is 1. The van der Waals surface area contributed by atoms with Gasteiger partial charge in [-0.1, -0.05) is 6.42 Å². The van der Waals surface area contributed by atoms with Gasteiger partial charge in [-0.2, -0.15) is 0 Å². The van der Waals surface area contributed by atoms with Gasteiger partial charge < -0.3 is 14.5 Å². The number of amides is 1. The molecule has 6 heteroatoms. The lowest BCUT2D eigenvalue weighted by molar-refractivity contribution is 0.0282. The van der Waals surface area contributed by atoms with E-state index in [0.717, 1.165) is 51.6 Å². The van der Waals surface area contributed by atoms with E-state index in [1.165, 1.54) is 32.4 Å². The van der Waals surface area contributed by atoms with Gasteiger partial charge in [-0.05, 0) is 64.5 Å². The van der Waals surface area contributed by atoms with Crippen LogP contribution in [0.2, 0.25) is 0 Å². The van der Waals surface area contributed by atoms with Crippen LogP contribution in [-0.4, -0.2) is 60.3 Å². The van der Waals surface area contributed by atoms with Crippen molar-refractivity contribution in [1.82, 2.24) is 13.3 Å². The van der Waals surface area contributed by atoms with Crippen molar-refractivity contribution >= 4 is 29.0 Å². The molecule has 0 bridgehead atoms. The zero-order valence-electron chi connectivity index (χ0n) is 14.0. The van der Waals surface area contributed by atoms with Gasteiger partial charge in [0.2, 0.25) is 0 Å². The average molecular weight is 435 g/mol. The zero-order valence-corrected chi connectivity index (χ0v) is 16.2. The summed E-state index contributed by atoms with van der Waals surface area (Å²) in [4.78, 5) is 17.0. The van der Waals surface area contributed by atoms with E-state index in [2.05, 4.69) is 31.3 Å². The number of nitrogens with zero attached hydrogens (tertiary/aromatic N) is 2. The Balaban J connectivity index is 1.38. The van der Waals surface area contributed by atoms with Crippen LogP contribution in [0.15, 0.2) is 0 Å². The molecule has 1 aliphatic carbocycles. The SMILES string of the molecule is O=C(OC1CCC(NI)CC1)N1CCC(N2CCCCC2)CC1. The minimum atomic E-state index is -0.0759. The standard InChI is InChI=1S/C17H30IN3O2/c18-19-14-4-6-16(7-5-14)23-17(22)21-12-8-15(9-13-21)20-10-2-1-3-11-20/h14-16,19H,1-13H2. The molecule has 3 aliphatic rings. The van der Waals surface area contributed by atoms with Crippen molar-refractivity contribution in [3.8, 4) is 0 Å². The van der Waals surface area contributed by atoms with E-state index in [1.807, 2.05) is 4.90 Å². The molecule has 23 heavy (non-hydrogen) atoms. The Hall–Kier alpha value is -0.0800. The highest BCUT2D eigenvalue weighted by atomic mass is 127. The Bertz CT molecular complexity index is 374. The predicted octanol–water partition coefficient (Wildman–Crippen LogP) is 3.32. The number of nitrogens with one attached hydrogen (secondary N) is 1. The smallest absolute Gasteiger partial charge is 0.410 e. The molecule has 0 unspecified atom stereocenters. The van der Waals surface area contributed by atoms with Crippen LogP contribution in [0.1, 0.15) is 57.8 Å². The fourth-order valence-corrected chi connectivity index (χ4v) is 4.83. The van der Waals surface area contributed by atoms with E-state index < -0.39 is 0 Å². The number of piperidine rings is 2. The Morgan fingerprint density at radius 2 is 1.57 bits per heavy atom. The van der Waals surface area contributed by atoms with Crippen LogP contribution >= 0.6 is 22.9 Å². The molecule has 1 N–H and O–H groups in total. The van der Waals surface area contributed by atoms with Crippen molar-refractivity contribution in [2.75, 3.05) is 26.2 Å². The van der Waals surface area contributed by atoms with Gasteiger partial charge in [0.1, 0.15) is 6.10 Å². The molecule has 2 heterocycles. The first-order valence-corrected chi connectivity index (χ1v) is 10.4. The summed E-state index contributed by atoms with van der Waals surface area (Å²) < 4.78 is 9.04. The first-order valence-electron chi connectivity index (χ1n) is 9.32. The molecule has 0 aromatic rings. The summed E-state index contributed by atoms with van der Waals surface area (Å²) in [6.45, 7) is 4.24. The van der Waals surface area contributed by atoms with Crippen LogP contribution in [0, 0.1) is 0 Å². The van der Waals surface area contributed by atoms with Gasteiger partial charge in [-0.15, -0.1) is 0 Å². The summed E-state index contributed by atoms with van der Waals surface area (Å²) in [7, 11) is 0. The van der Waals surface area contributed by atoms with Crippen molar-refractivity contribution in [3.63, 3.8) is 0 Å². The lowest BCUT2D eigenvalue weighted by Crippen LogP contribution is -2.48. The van der Waals surface area contributed by atoms with Crippen LogP contribution in [0.3, 0.4) is 0 Å². The van der Waals surface area contributed by atoms with Gasteiger partial charge in [0.15, 0.2) is 0 Å². The summed E-state index contributed by atoms with van der Waals surface area (Å²) in [6.07, 6.45) is 10.6. The number of halogens is 1. The lowest BCUT2D eigenvalue weighted by Gasteiger charge is -2.40. The molecule has 3 rings (SSSR count). The van der Waals surface area contributed by atoms with E-state index in [9.17, 15) is 4.79 Å². The highest BCUT2D eigenvalue weighted by molar-refractivity contribution is 14.1. The van der Waals surface area contributed by atoms with Crippen molar-refractivity contribution in [1.29, 1.82) is 0 Å². The van der Waals surface area contributed by atoms with E-state index >= 15 is 0 Å². The fourth-order valence-electron chi connectivity index (χ4n) is 4.20. The molecule has 0 radical (unpaired) electrons. The van der Waals surface area contributed by atoms with E-state index in [0.29, 0.717) is 12.1 Å². The number of ether oxygens (including phenoxy) is 1. The van der Waals surface area contributed by atoms with Crippen LogP contribution in [0.5, 0.6) is 0 Å². The van der Waals surface area contributed by atoms with Crippen LogP contribution in [0.4, 0.5) is 4.79 Å². The Morgan fingerprint density at radius 1 is 0.913 bits per heavy atom. The Labute approximate surface area is 154 Å². The van der Waals surface area contributed by atoms with Crippen molar-refractivity contribution in [3.05, 3.63) is 0 Å². The summed E-state index contributed by atoms with van der Waals surface area (Å²) >= 11 is 2.22. The summed E-state index contributed by atoms with van der Waals surface area (Å²) in [5.41, 5.74) is 0. The monoisotopic (exact) mass is 435 g/mol. The maximum Gasteiger partial charge on any atom is 0.410 e. The molecule has 0 atom stereocenters. The van der Waals surface area contributed by atoms with Gasteiger partial charge in [-0.3, -0.25) is 3.53 Å². The fraction of sp³-hybridized carbons (Fsp3) is 0.941. The highest BCUT2D eigenvalue weighted by Gasteiger charge is 2.30. The van der Waals surface area contributed by atoms with E-state index in [4.69, 9.17) is 4.74 Å². The molecular formula is C17H30IN3O2. The average Bonchev–Trinajstić information content (AvgIpc) is 2.63. The summed E-state index contributed by atoms with van der Waals surface area (Å²) in [5, 5.41) is 0. The third-order valence-electron chi connectivity index (χ3n) is 5.73. The van der Waals surface area contributed by atoms with Gasteiger partial charge in [-0.25, -0.2) is 4.79 Å². The predicted molar refractivity (Wildman–Crippen MR) is 99.7 cm³/mol. The maximum absolute atomic E-state index is 12.4. The van der Waals surface area contributed by atoms with Gasteiger partial charge in [0.25, 0.3) is 0 Å². The number of rotatable bonds is 3. The third-order valence-corrected chi connectivity index (χ3v) is 6.61. The molecule has 5 nitrogen and oxygen atoms in total. The number of hydrogen-bond acceptors (Lipinski definition) is 4. The first-order chi connectivity index (χ1) is 11.3. The van der Waals surface area contributed by atoms with Crippen molar-refractivity contribution in [2.24, 2.45) is 0 Å². The normalized spacial score (nSPS) is 31.1. The molecule has 0 spiro atoms. The third kappa shape index (κ3) is 4.95. The highest BCUT2D eigenvalue weighted by Crippen LogP contribution is 2.24. The second-order valence-corrected chi connectivity index (χ2v) is 7.90. The Kier molecular flexibility index (Phi) is 6.83. The molecule has 132 valence electrons. The van der Waals surface area contributed by atoms with Gasteiger partial charge >= 0.3 is 6.09 Å². The molecule has 2 saturated heterocycles. The first kappa shape index (κ1) is 17.7. The topological polar surface area (TPSA) is 44.8 Å². The molecule has 0 aromatic heterocycles. The number of likely N-dealkylation sites (tertiary alicyclic amines) is 2. The van der Waals surface area contributed by atoms with Gasteiger partial charge in [0, 0.05) is 48.0 Å². The number of carbonyl (C=O) groups is 1. The quantitative estimate of drug-likeness (QED) is 0.546. The molecule has 3 fully saturated rings. The molecule has 1 amide bonds. The Morgan fingerprint density at radius 3 is 2.17 bits per heavy atom. The van der Waals surface area contributed by atoms with E-state index in [1.54, 1.807) is 0 Å². The molecule has 2 aliphatic heterocycles. The summed E-state index contributed by atoms with van der Waals surface area (Å²) in [6, 6.07) is 1.27. The molecular weight excluding hydrogens is 405 g/mol. The van der Waals surface area contributed by atoms with Crippen LogP contribution in [0.25, 0.3) is 0 Å². The zero-order chi connectivity index (χ0) is 16.1. The maximum atomic E-state index is 12.4. The van der Waals surface area contributed by atoms with Crippen molar-refractivity contribution in [2.45, 2.75) is 76.0 Å². The molecule has 0 aromatic carbocycles. The molecule has 1 saturated carbocycles. The van der Waals surface area contributed by atoms with Crippen LogP contribution < -0.4 is 3.53 Å². The van der Waals surface area contributed by atoms with E-state index in [-0.39, 0.29) is 12.2 Å². The minimum Gasteiger partial charge on any atom is -0.446 e. The van der Waals surface area contributed by atoms with Crippen molar-refractivity contribution < 1.29 is 9.53 Å². The largest absolute Gasteiger partial charge is 0.446 e.